The van der Waals surface area contributed by atoms with E-state index < -0.39 is 0 Å². The summed E-state index contributed by atoms with van der Waals surface area (Å²) < 4.78 is 10.9. The van der Waals surface area contributed by atoms with Crippen molar-refractivity contribution in [1.29, 1.82) is 0 Å². The maximum atomic E-state index is 12.5. The first-order chi connectivity index (χ1) is 12.6. The molecule has 1 aliphatic heterocycles. The molecule has 3 rings (SSSR count). The predicted molar refractivity (Wildman–Crippen MR) is 103 cm³/mol. The zero-order chi connectivity index (χ0) is 18.5. The van der Waals surface area contributed by atoms with Crippen molar-refractivity contribution in [3.8, 4) is 11.5 Å². The molecule has 1 aliphatic rings. The van der Waals surface area contributed by atoms with E-state index in [1.54, 1.807) is 26.4 Å². The van der Waals surface area contributed by atoms with Crippen molar-refractivity contribution >= 4 is 23.2 Å². The van der Waals surface area contributed by atoms with Gasteiger partial charge in [-0.2, -0.15) is 0 Å². The lowest BCUT2D eigenvalue weighted by Gasteiger charge is -2.26. The fraction of sp³-hybridized carbons (Fsp3) is 0.350. The molecule has 0 aromatic heterocycles. The van der Waals surface area contributed by atoms with Crippen LogP contribution in [0.4, 0.5) is 5.69 Å². The fourth-order valence-electron chi connectivity index (χ4n) is 3.40. The first-order valence-electron chi connectivity index (χ1n) is 8.62. The molecule has 1 saturated heterocycles. The molecule has 0 spiro atoms. The normalized spacial score (nSPS) is 17.1. The van der Waals surface area contributed by atoms with Crippen LogP contribution in [-0.2, 0) is 4.79 Å². The molecule has 138 valence electrons. The molecule has 2 aromatic rings. The SMILES string of the molecule is COc1ccc(OC)c([C@H]2CCCN2CC(=O)Nc2ccccc2Cl)c1. The van der Waals surface area contributed by atoms with Crippen LogP contribution in [0.15, 0.2) is 42.5 Å². The number of hydrogen-bond acceptors (Lipinski definition) is 4. The number of amides is 1. The molecule has 2 aromatic carbocycles. The van der Waals surface area contributed by atoms with Gasteiger partial charge in [0.15, 0.2) is 0 Å². The number of carbonyl (C=O) groups excluding carboxylic acids is 1. The summed E-state index contributed by atoms with van der Waals surface area (Å²) in [5.41, 5.74) is 1.68. The van der Waals surface area contributed by atoms with Gasteiger partial charge in [0.05, 0.1) is 31.5 Å². The maximum absolute atomic E-state index is 12.5. The lowest BCUT2D eigenvalue weighted by Crippen LogP contribution is -2.33. The van der Waals surface area contributed by atoms with Crippen molar-refractivity contribution in [2.24, 2.45) is 0 Å². The van der Waals surface area contributed by atoms with Gasteiger partial charge in [0, 0.05) is 11.6 Å². The zero-order valence-electron chi connectivity index (χ0n) is 15.0. The van der Waals surface area contributed by atoms with Gasteiger partial charge in [0.25, 0.3) is 0 Å². The molecule has 1 fully saturated rings. The summed E-state index contributed by atoms with van der Waals surface area (Å²) in [5.74, 6) is 1.52. The fourth-order valence-corrected chi connectivity index (χ4v) is 3.59. The van der Waals surface area contributed by atoms with E-state index in [2.05, 4.69) is 10.2 Å². The maximum Gasteiger partial charge on any atom is 0.238 e. The van der Waals surface area contributed by atoms with Crippen LogP contribution in [0, 0.1) is 0 Å². The second-order valence-corrected chi connectivity index (χ2v) is 6.67. The van der Waals surface area contributed by atoms with Gasteiger partial charge in [-0.15, -0.1) is 0 Å². The number of methoxy groups -OCH3 is 2. The third-order valence-electron chi connectivity index (χ3n) is 4.65. The minimum Gasteiger partial charge on any atom is -0.497 e. The van der Waals surface area contributed by atoms with Crippen molar-refractivity contribution in [2.75, 3.05) is 32.6 Å². The molecule has 1 N–H and O–H groups in total. The standard InChI is InChI=1S/C20H23ClN2O3/c1-25-14-9-10-19(26-2)15(12-14)18-8-5-11-23(18)13-20(24)22-17-7-4-3-6-16(17)21/h3-4,6-7,9-10,12,18H,5,8,11,13H2,1-2H3,(H,22,24)/t18-/m1/s1. The van der Waals surface area contributed by atoms with Gasteiger partial charge in [0.2, 0.25) is 5.91 Å². The lowest BCUT2D eigenvalue weighted by molar-refractivity contribution is -0.117. The van der Waals surface area contributed by atoms with Crippen LogP contribution >= 0.6 is 11.6 Å². The van der Waals surface area contributed by atoms with Gasteiger partial charge >= 0.3 is 0 Å². The highest BCUT2D eigenvalue weighted by molar-refractivity contribution is 6.33. The summed E-state index contributed by atoms with van der Waals surface area (Å²) in [6.45, 7) is 1.16. The largest absolute Gasteiger partial charge is 0.497 e. The zero-order valence-corrected chi connectivity index (χ0v) is 15.8. The van der Waals surface area contributed by atoms with Crippen LogP contribution in [0.2, 0.25) is 5.02 Å². The third-order valence-corrected chi connectivity index (χ3v) is 4.98. The van der Waals surface area contributed by atoms with Crippen LogP contribution in [0.1, 0.15) is 24.4 Å². The Kier molecular flexibility index (Phi) is 6.01. The summed E-state index contributed by atoms with van der Waals surface area (Å²) in [6, 6.07) is 13.2. The van der Waals surface area contributed by atoms with Crippen LogP contribution in [0.25, 0.3) is 0 Å². The highest BCUT2D eigenvalue weighted by Gasteiger charge is 2.30. The van der Waals surface area contributed by atoms with Crippen molar-refractivity contribution in [3.05, 3.63) is 53.1 Å². The molecule has 1 heterocycles. The number of anilines is 1. The van der Waals surface area contributed by atoms with Crippen LogP contribution < -0.4 is 14.8 Å². The highest BCUT2D eigenvalue weighted by atomic mass is 35.5. The van der Waals surface area contributed by atoms with Gasteiger partial charge in [0.1, 0.15) is 11.5 Å². The van der Waals surface area contributed by atoms with Crippen LogP contribution in [0.5, 0.6) is 11.5 Å². The highest BCUT2D eigenvalue weighted by Crippen LogP contribution is 2.38. The number of hydrogen-bond donors (Lipinski definition) is 1. The Labute approximate surface area is 158 Å². The van der Waals surface area contributed by atoms with E-state index in [0.717, 1.165) is 36.4 Å². The average molecular weight is 375 g/mol. The number of halogens is 1. The van der Waals surface area contributed by atoms with Gasteiger partial charge in [-0.05, 0) is 49.7 Å². The molecule has 26 heavy (non-hydrogen) atoms. The van der Waals surface area contributed by atoms with Gasteiger partial charge in [-0.25, -0.2) is 0 Å². The molecule has 1 amide bonds. The van der Waals surface area contributed by atoms with E-state index in [0.29, 0.717) is 17.3 Å². The molecule has 0 bridgehead atoms. The second kappa shape index (κ2) is 8.43. The van der Waals surface area contributed by atoms with E-state index in [1.807, 2.05) is 30.3 Å². The first-order valence-corrected chi connectivity index (χ1v) is 9.00. The number of benzene rings is 2. The van der Waals surface area contributed by atoms with Crippen LogP contribution in [-0.4, -0.2) is 38.1 Å². The molecule has 0 saturated carbocycles. The molecule has 0 aliphatic carbocycles. The molecular weight excluding hydrogens is 352 g/mol. The van der Waals surface area contributed by atoms with Gasteiger partial charge in [-0.1, -0.05) is 23.7 Å². The first kappa shape index (κ1) is 18.5. The summed E-state index contributed by atoms with van der Waals surface area (Å²) >= 11 is 6.12. The molecular formula is C20H23ClN2O3. The minimum absolute atomic E-state index is 0.0770. The Bertz CT molecular complexity index is 781. The molecule has 6 heteroatoms. The van der Waals surface area contributed by atoms with E-state index in [1.165, 1.54) is 0 Å². The smallest absolute Gasteiger partial charge is 0.238 e. The van der Waals surface area contributed by atoms with Crippen molar-refractivity contribution in [3.63, 3.8) is 0 Å². The monoisotopic (exact) mass is 374 g/mol. The van der Waals surface area contributed by atoms with Gasteiger partial charge in [-0.3, -0.25) is 9.69 Å². The van der Waals surface area contributed by atoms with E-state index in [-0.39, 0.29) is 11.9 Å². The number of rotatable bonds is 6. The topological polar surface area (TPSA) is 50.8 Å². The molecule has 0 unspecified atom stereocenters. The third kappa shape index (κ3) is 4.11. The molecule has 5 nitrogen and oxygen atoms in total. The number of nitrogens with zero attached hydrogens (tertiary/aromatic N) is 1. The van der Waals surface area contributed by atoms with E-state index in [4.69, 9.17) is 21.1 Å². The molecule has 0 radical (unpaired) electrons. The predicted octanol–water partition coefficient (Wildman–Crippen LogP) is 4.13. The Morgan fingerprint density at radius 1 is 1.23 bits per heavy atom. The van der Waals surface area contributed by atoms with Crippen molar-refractivity contribution in [1.82, 2.24) is 4.90 Å². The van der Waals surface area contributed by atoms with Gasteiger partial charge < -0.3 is 14.8 Å². The summed E-state index contributed by atoms with van der Waals surface area (Å²) in [6.07, 6.45) is 2.01. The Morgan fingerprint density at radius 2 is 2.04 bits per heavy atom. The second-order valence-electron chi connectivity index (χ2n) is 6.26. The number of para-hydroxylation sites is 1. The van der Waals surface area contributed by atoms with Crippen molar-refractivity contribution in [2.45, 2.75) is 18.9 Å². The Morgan fingerprint density at radius 3 is 2.77 bits per heavy atom. The Balaban J connectivity index is 1.74. The minimum atomic E-state index is -0.0770. The quantitative estimate of drug-likeness (QED) is 0.825. The summed E-state index contributed by atoms with van der Waals surface area (Å²) in [5, 5.41) is 3.43. The lowest BCUT2D eigenvalue weighted by atomic mass is 10.0. The average Bonchev–Trinajstić information content (AvgIpc) is 3.10. The van der Waals surface area contributed by atoms with E-state index in [9.17, 15) is 4.79 Å². The van der Waals surface area contributed by atoms with Crippen LogP contribution in [0.3, 0.4) is 0 Å². The molecule has 1 atom stereocenters. The van der Waals surface area contributed by atoms with E-state index >= 15 is 0 Å². The van der Waals surface area contributed by atoms with Crippen molar-refractivity contribution < 1.29 is 14.3 Å². The number of carbonyl (C=O) groups is 1. The number of nitrogens with one attached hydrogen (secondary N) is 1. The number of likely N-dealkylation sites (tertiary alicyclic amines) is 1. The summed E-state index contributed by atoms with van der Waals surface area (Å²) in [7, 11) is 3.31. The Hall–Kier alpha value is -2.24. The number of ether oxygens (including phenoxy) is 2. The summed E-state index contributed by atoms with van der Waals surface area (Å²) in [4.78, 5) is 14.7.